The highest BCUT2D eigenvalue weighted by atomic mass is 35.5. The van der Waals surface area contributed by atoms with E-state index in [-0.39, 0.29) is 5.91 Å². The van der Waals surface area contributed by atoms with Crippen molar-refractivity contribution in [2.45, 2.75) is 24.6 Å². The molecule has 2 rings (SSSR count). The molecule has 1 aliphatic rings. The molecule has 1 amide bonds. The number of piperidine rings is 1. The normalized spacial score (nSPS) is 16.3. The minimum atomic E-state index is 0.100. The maximum absolute atomic E-state index is 11.8. The van der Waals surface area contributed by atoms with Crippen LogP contribution in [0.4, 0.5) is 0 Å². The molecule has 3 nitrogen and oxygen atoms in total. The summed E-state index contributed by atoms with van der Waals surface area (Å²) in [5.41, 5.74) is 1.03. The molecule has 0 atom stereocenters. The van der Waals surface area contributed by atoms with E-state index < -0.39 is 0 Å². The van der Waals surface area contributed by atoms with Gasteiger partial charge in [-0.25, -0.2) is 0 Å². The fourth-order valence-electron chi connectivity index (χ4n) is 2.05. The van der Waals surface area contributed by atoms with Gasteiger partial charge in [-0.1, -0.05) is 23.7 Å². The Hall–Kier alpha value is -0.710. The minimum Gasteiger partial charge on any atom is -0.351 e. The third kappa shape index (κ3) is 5.43. The molecule has 0 spiro atoms. The summed E-state index contributed by atoms with van der Waals surface area (Å²) in [6, 6.07) is 7.57. The van der Waals surface area contributed by atoms with Crippen molar-refractivity contribution in [2.24, 2.45) is 0 Å². The Kier molecular flexibility index (Phi) is 6.01. The second-order valence-electron chi connectivity index (χ2n) is 4.67. The molecule has 0 unspecified atom stereocenters. The Bertz CT molecular complexity index is 422. The fraction of sp³-hybridized carbons (Fsp3) is 0.500. The Morgan fingerprint density at radius 2 is 2.21 bits per heavy atom. The number of benzene rings is 1. The highest BCUT2D eigenvalue weighted by molar-refractivity contribution is 8.00. The molecule has 1 aliphatic heterocycles. The predicted octanol–water partition coefficient (Wildman–Crippen LogP) is 2.44. The van der Waals surface area contributed by atoms with Crippen molar-refractivity contribution >= 4 is 29.3 Å². The van der Waals surface area contributed by atoms with E-state index in [1.165, 1.54) is 0 Å². The molecule has 1 aromatic rings. The van der Waals surface area contributed by atoms with Gasteiger partial charge in [0.15, 0.2) is 0 Å². The molecule has 1 heterocycles. The molecule has 0 saturated carbocycles. The highest BCUT2D eigenvalue weighted by Crippen LogP contribution is 2.19. The summed E-state index contributed by atoms with van der Waals surface area (Å²) in [5, 5.41) is 7.59. The largest absolute Gasteiger partial charge is 0.351 e. The summed E-state index contributed by atoms with van der Waals surface area (Å²) in [7, 11) is 0. The van der Waals surface area contributed by atoms with Gasteiger partial charge in [0.2, 0.25) is 5.91 Å². The second-order valence-corrected chi connectivity index (χ2v) is 6.39. The van der Waals surface area contributed by atoms with Crippen LogP contribution >= 0.6 is 23.4 Å². The van der Waals surface area contributed by atoms with E-state index in [0.29, 0.717) is 22.6 Å². The summed E-state index contributed by atoms with van der Waals surface area (Å²) in [6.07, 6.45) is 2.32. The van der Waals surface area contributed by atoms with Crippen LogP contribution in [-0.4, -0.2) is 30.0 Å². The maximum Gasteiger partial charge on any atom is 0.230 e. The number of thioether (sulfide) groups is 1. The lowest BCUT2D eigenvalue weighted by Gasteiger charge is -2.21. The molecule has 19 heavy (non-hydrogen) atoms. The number of carbonyl (C=O) groups is 1. The van der Waals surface area contributed by atoms with Crippen molar-refractivity contribution in [3.8, 4) is 0 Å². The zero-order valence-corrected chi connectivity index (χ0v) is 12.4. The molecule has 0 aromatic heterocycles. The Morgan fingerprint density at radius 3 is 2.95 bits per heavy atom. The zero-order chi connectivity index (χ0) is 13.5. The van der Waals surface area contributed by atoms with Gasteiger partial charge < -0.3 is 10.6 Å². The quantitative estimate of drug-likeness (QED) is 0.877. The zero-order valence-electron chi connectivity index (χ0n) is 10.8. The third-order valence-corrected chi connectivity index (χ3v) is 4.72. The van der Waals surface area contributed by atoms with E-state index >= 15 is 0 Å². The number of hydrogen-bond donors (Lipinski definition) is 2. The molecular weight excluding hydrogens is 280 g/mol. The number of hydrogen-bond acceptors (Lipinski definition) is 3. The first-order valence-corrected chi connectivity index (χ1v) is 8.00. The van der Waals surface area contributed by atoms with Gasteiger partial charge in [0.25, 0.3) is 0 Å². The lowest BCUT2D eigenvalue weighted by Crippen LogP contribution is -2.31. The van der Waals surface area contributed by atoms with Crippen molar-refractivity contribution in [1.82, 2.24) is 10.6 Å². The van der Waals surface area contributed by atoms with Gasteiger partial charge in [0.1, 0.15) is 0 Å². The Balaban J connectivity index is 1.66. The van der Waals surface area contributed by atoms with Crippen molar-refractivity contribution in [1.29, 1.82) is 0 Å². The lowest BCUT2D eigenvalue weighted by molar-refractivity contribution is -0.118. The highest BCUT2D eigenvalue weighted by Gasteiger charge is 2.14. The summed E-state index contributed by atoms with van der Waals surface area (Å²) in [5.74, 6) is 0.647. The first-order chi connectivity index (χ1) is 9.24. The standard InChI is InChI=1S/C14H19ClN2OS/c15-12-3-1-2-11(8-12)9-17-14(18)10-19-13-4-6-16-7-5-13/h1-3,8,13,16H,4-7,9-10H2,(H,17,18). The average molecular weight is 299 g/mol. The van der Waals surface area contributed by atoms with Gasteiger partial charge in [0, 0.05) is 16.8 Å². The average Bonchev–Trinajstić information content (AvgIpc) is 2.44. The fourth-order valence-corrected chi connectivity index (χ4v) is 3.33. The van der Waals surface area contributed by atoms with Gasteiger partial charge in [-0.2, -0.15) is 0 Å². The molecule has 0 radical (unpaired) electrons. The van der Waals surface area contributed by atoms with E-state index in [1.54, 1.807) is 11.8 Å². The maximum atomic E-state index is 11.8. The molecule has 1 saturated heterocycles. The molecule has 2 N–H and O–H groups in total. The smallest absolute Gasteiger partial charge is 0.230 e. The summed E-state index contributed by atoms with van der Waals surface area (Å²) in [6.45, 7) is 2.69. The molecule has 1 aromatic carbocycles. The first kappa shape index (κ1) is 14.7. The van der Waals surface area contributed by atoms with Crippen LogP contribution in [0, 0.1) is 0 Å². The van der Waals surface area contributed by atoms with Crippen LogP contribution in [0.3, 0.4) is 0 Å². The number of nitrogens with one attached hydrogen (secondary N) is 2. The number of amides is 1. The molecule has 5 heteroatoms. The number of carbonyl (C=O) groups excluding carboxylic acids is 1. The van der Waals surface area contributed by atoms with Crippen LogP contribution in [0.5, 0.6) is 0 Å². The van der Waals surface area contributed by atoms with Crippen LogP contribution in [0.25, 0.3) is 0 Å². The first-order valence-electron chi connectivity index (χ1n) is 6.57. The monoisotopic (exact) mass is 298 g/mol. The van der Waals surface area contributed by atoms with Crippen LogP contribution in [-0.2, 0) is 11.3 Å². The predicted molar refractivity (Wildman–Crippen MR) is 81.6 cm³/mol. The Labute approximate surface area is 123 Å². The molecule has 104 valence electrons. The van der Waals surface area contributed by atoms with Gasteiger partial charge in [-0.3, -0.25) is 4.79 Å². The van der Waals surface area contributed by atoms with Crippen molar-refractivity contribution < 1.29 is 4.79 Å². The van der Waals surface area contributed by atoms with E-state index in [4.69, 9.17) is 11.6 Å². The molecule has 0 bridgehead atoms. The van der Waals surface area contributed by atoms with E-state index in [9.17, 15) is 4.79 Å². The van der Waals surface area contributed by atoms with Crippen LogP contribution < -0.4 is 10.6 Å². The van der Waals surface area contributed by atoms with Crippen LogP contribution in [0.1, 0.15) is 18.4 Å². The van der Waals surface area contributed by atoms with E-state index in [1.807, 2.05) is 24.3 Å². The van der Waals surface area contributed by atoms with E-state index in [0.717, 1.165) is 31.5 Å². The third-order valence-electron chi connectivity index (χ3n) is 3.12. The topological polar surface area (TPSA) is 41.1 Å². The van der Waals surface area contributed by atoms with Crippen LogP contribution in [0.15, 0.2) is 24.3 Å². The molecule has 1 fully saturated rings. The van der Waals surface area contributed by atoms with Crippen molar-refractivity contribution in [3.05, 3.63) is 34.9 Å². The van der Waals surface area contributed by atoms with Gasteiger partial charge in [0.05, 0.1) is 5.75 Å². The van der Waals surface area contributed by atoms with Crippen LogP contribution in [0.2, 0.25) is 5.02 Å². The summed E-state index contributed by atoms with van der Waals surface area (Å²) in [4.78, 5) is 11.8. The lowest BCUT2D eigenvalue weighted by atomic mass is 10.2. The Morgan fingerprint density at radius 1 is 1.42 bits per heavy atom. The SMILES string of the molecule is O=C(CSC1CCNCC1)NCc1cccc(Cl)c1. The van der Waals surface area contributed by atoms with Gasteiger partial charge in [-0.05, 0) is 43.6 Å². The van der Waals surface area contributed by atoms with Gasteiger partial charge >= 0.3 is 0 Å². The molecule has 0 aliphatic carbocycles. The van der Waals surface area contributed by atoms with Gasteiger partial charge in [-0.15, -0.1) is 11.8 Å². The summed E-state index contributed by atoms with van der Waals surface area (Å²) >= 11 is 7.67. The summed E-state index contributed by atoms with van der Waals surface area (Å²) < 4.78 is 0. The van der Waals surface area contributed by atoms with Crippen molar-refractivity contribution in [3.63, 3.8) is 0 Å². The number of rotatable bonds is 5. The number of halogens is 1. The van der Waals surface area contributed by atoms with E-state index in [2.05, 4.69) is 10.6 Å². The molecular formula is C14H19ClN2OS. The van der Waals surface area contributed by atoms with Crippen molar-refractivity contribution in [2.75, 3.05) is 18.8 Å². The second kappa shape index (κ2) is 7.78. The minimum absolute atomic E-state index is 0.100.